The predicted molar refractivity (Wildman–Crippen MR) is 157 cm³/mol. The number of benzene rings is 2. The highest BCUT2D eigenvalue weighted by molar-refractivity contribution is 5.74. The fraction of sp³-hybridized carbons (Fsp3) is 0.588. The summed E-state index contributed by atoms with van der Waals surface area (Å²) >= 11 is 0. The molecule has 0 aliphatic heterocycles. The molecule has 0 unspecified atom stereocenters. The quantitative estimate of drug-likeness (QED) is 0.145. The number of carbonyl (C=O) groups excluding carboxylic acids is 1. The first-order valence-corrected chi connectivity index (χ1v) is 15.3. The number of hydrogen-bond acceptors (Lipinski definition) is 5. The lowest BCUT2D eigenvalue weighted by molar-refractivity contribution is -0.157. The van der Waals surface area contributed by atoms with Crippen molar-refractivity contribution in [2.75, 3.05) is 13.2 Å². The molecule has 0 saturated heterocycles. The average molecular weight is 552 g/mol. The SMILES string of the molecule is CCCCCCCCOc1ccc(-c2ccc(OCC3CCC(OC(=O)[C@@H](F)CCCC)CC3)cc2)cc1C#N. The van der Waals surface area contributed by atoms with Crippen LogP contribution in [0.3, 0.4) is 0 Å². The van der Waals surface area contributed by atoms with E-state index in [2.05, 4.69) is 13.0 Å². The fourth-order valence-corrected chi connectivity index (χ4v) is 5.10. The highest BCUT2D eigenvalue weighted by Crippen LogP contribution is 2.30. The second-order valence-corrected chi connectivity index (χ2v) is 11.0. The van der Waals surface area contributed by atoms with Gasteiger partial charge in [-0.15, -0.1) is 0 Å². The van der Waals surface area contributed by atoms with E-state index in [0.717, 1.165) is 61.8 Å². The molecule has 6 heteroatoms. The van der Waals surface area contributed by atoms with Gasteiger partial charge >= 0.3 is 5.97 Å². The van der Waals surface area contributed by atoms with Crippen LogP contribution in [0, 0.1) is 17.2 Å². The van der Waals surface area contributed by atoms with Crippen molar-refractivity contribution in [1.29, 1.82) is 5.26 Å². The summed E-state index contributed by atoms with van der Waals surface area (Å²) in [6.45, 7) is 5.44. The summed E-state index contributed by atoms with van der Waals surface area (Å²) in [7, 11) is 0. The molecule has 1 aliphatic rings. The van der Waals surface area contributed by atoms with Crippen LogP contribution in [0.1, 0.15) is 103 Å². The topological polar surface area (TPSA) is 68.6 Å². The van der Waals surface area contributed by atoms with Crippen LogP contribution in [0.2, 0.25) is 0 Å². The Morgan fingerprint density at radius 1 is 0.900 bits per heavy atom. The molecule has 40 heavy (non-hydrogen) atoms. The summed E-state index contributed by atoms with van der Waals surface area (Å²) in [5, 5.41) is 9.65. The van der Waals surface area contributed by atoms with E-state index in [1.54, 1.807) is 0 Å². The van der Waals surface area contributed by atoms with Crippen molar-refractivity contribution in [2.24, 2.45) is 5.92 Å². The average Bonchev–Trinajstić information content (AvgIpc) is 2.99. The van der Waals surface area contributed by atoms with Crippen molar-refractivity contribution < 1.29 is 23.4 Å². The third-order valence-corrected chi connectivity index (χ3v) is 7.67. The van der Waals surface area contributed by atoms with Gasteiger partial charge in [-0.25, -0.2) is 9.18 Å². The normalized spacial score (nSPS) is 17.6. The maximum Gasteiger partial charge on any atom is 0.340 e. The Balaban J connectivity index is 1.41. The maximum atomic E-state index is 13.9. The molecule has 3 rings (SSSR count). The van der Waals surface area contributed by atoms with Crippen LogP contribution in [0.5, 0.6) is 11.5 Å². The third kappa shape index (κ3) is 10.5. The first kappa shape index (κ1) is 31.5. The lowest BCUT2D eigenvalue weighted by Crippen LogP contribution is -2.30. The highest BCUT2D eigenvalue weighted by atomic mass is 19.1. The minimum Gasteiger partial charge on any atom is -0.493 e. The molecule has 1 atom stereocenters. The van der Waals surface area contributed by atoms with Gasteiger partial charge in [0, 0.05) is 0 Å². The molecule has 0 amide bonds. The maximum absolute atomic E-state index is 13.9. The molecule has 0 spiro atoms. The molecular formula is C34H46FNO4. The number of esters is 1. The summed E-state index contributed by atoms with van der Waals surface area (Å²) < 4.78 is 31.2. The Morgan fingerprint density at radius 2 is 1.57 bits per heavy atom. The van der Waals surface area contributed by atoms with Crippen molar-refractivity contribution in [3.8, 4) is 28.7 Å². The Hall–Kier alpha value is -3.07. The van der Waals surface area contributed by atoms with E-state index in [1.165, 1.54) is 25.7 Å². The number of nitrogens with zero attached hydrogens (tertiary/aromatic N) is 1. The zero-order chi connectivity index (χ0) is 28.6. The zero-order valence-corrected chi connectivity index (χ0v) is 24.3. The molecule has 0 bridgehead atoms. The number of ether oxygens (including phenoxy) is 3. The van der Waals surface area contributed by atoms with Gasteiger partial charge in [0.25, 0.3) is 0 Å². The monoisotopic (exact) mass is 551 g/mol. The molecule has 1 fully saturated rings. The van der Waals surface area contributed by atoms with Crippen molar-refractivity contribution in [3.05, 3.63) is 48.0 Å². The van der Waals surface area contributed by atoms with Crippen molar-refractivity contribution in [3.63, 3.8) is 0 Å². The van der Waals surface area contributed by atoms with E-state index in [4.69, 9.17) is 14.2 Å². The molecule has 0 aromatic heterocycles. The number of unbranched alkanes of at least 4 members (excludes halogenated alkanes) is 6. The van der Waals surface area contributed by atoms with Gasteiger partial charge in [0.15, 0.2) is 6.17 Å². The number of carbonyl (C=O) groups is 1. The number of alkyl halides is 1. The lowest BCUT2D eigenvalue weighted by atomic mass is 9.88. The fourth-order valence-electron chi connectivity index (χ4n) is 5.10. The molecule has 2 aromatic rings. The van der Waals surface area contributed by atoms with E-state index in [1.807, 2.05) is 49.4 Å². The van der Waals surface area contributed by atoms with Crippen LogP contribution >= 0.6 is 0 Å². The third-order valence-electron chi connectivity index (χ3n) is 7.67. The van der Waals surface area contributed by atoms with Gasteiger partial charge in [-0.3, -0.25) is 0 Å². The highest BCUT2D eigenvalue weighted by Gasteiger charge is 2.27. The summed E-state index contributed by atoms with van der Waals surface area (Å²) in [5.74, 6) is 1.13. The molecule has 0 N–H and O–H groups in total. The minimum atomic E-state index is -1.50. The van der Waals surface area contributed by atoms with Gasteiger partial charge < -0.3 is 14.2 Å². The summed E-state index contributed by atoms with van der Waals surface area (Å²) in [6, 6.07) is 16.0. The summed E-state index contributed by atoms with van der Waals surface area (Å²) in [4.78, 5) is 11.9. The second kappa shape index (κ2) is 17.6. The molecule has 218 valence electrons. The predicted octanol–water partition coefficient (Wildman–Crippen LogP) is 8.97. The van der Waals surface area contributed by atoms with Crippen LogP contribution in [0.4, 0.5) is 4.39 Å². The Kier molecular flexibility index (Phi) is 13.8. The van der Waals surface area contributed by atoms with Gasteiger partial charge in [0.2, 0.25) is 0 Å². The van der Waals surface area contributed by atoms with E-state index in [-0.39, 0.29) is 12.5 Å². The smallest absolute Gasteiger partial charge is 0.340 e. The van der Waals surface area contributed by atoms with Crippen LogP contribution in [-0.2, 0) is 9.53 Å². The molecule has 1 aliphatic carbocycles. The molecule has 5 nitrogen and oxygen atoms in total. The van der Waals surface area contributed by atoms with Crippen LogP contribution in [0.15, 0.2) is 42.5 Å². The van der Waals surface area contributed by atoms with E-state index < -0.39 is 12.1 Å². The molecule has 0 radical (unpaired) electrons. The van der Waals surface area contributed by atoms with Crippen molar-refractivity contribution in [2.45, 2.75) is 110 Å². The van der Waals surface area contributed by atoms with Crippen LogP contribution in [0.25, 0.3) is 11.1 Å². The lowest BCUT2D eigenvalue weighted by Gasteiger charge is -2.28. The van der Waals surface area contributed by atoms with Gasteiger partial charge in [-0.2, -0.15) is 5.26 Å². The number of rotatable bonds is 17. The molecular weight excluding hydrogens is 505 g/mol. The van der Waals surface area contributed by atoms with Crippen LogP contribution in [-0.4, -0.2) is 31.5 Å². The van der Waals surface area contributed by atoms with Gasteiger partial charge in [0.1, 0.15) is 23.7 Å². The van der Waals surface area contributed by atoms with E-state index in [9.17, 15) is 14.4 Å². The van der Waals surface area contributed by atoms with Crippen molar-refractivity contribution >= 4 is 5.97 Å². The van der Waals surface area contributed by atoms with Crippen LogP contribution < -0.4 is 9.47 Å². The molecule has 2 aromatic carbocycles. The van der Waals surface area contributed by atoms with Crippen molar-refractivity contribution in [1.82, 2.24) is 0 Å². The minimum absolute atomic E-state index is 0.187. The molecule has 1 saturated carbocycles. The Bertz CT molecular complexity index is 1060. The molecule has 0 heterocycles. The van der Waals surface area contributed by atoms with Gasteiger partial charge in [0.05, 0.1) is 18.8 Å². The van der Waals surface area contributed by atoms with E-state index >= 15 is 0 Å². The second-order valence-electron chi connectivity index (χ2n) is 11.0. The first-order valence-electron chi connectivity index (χ1n) is 15.3. The Labute approximate surface area is 240 Å². The summed E-state index contributed by atoms with van der Waals surface area (Å²) in [5.41, 5.74) is 2.53. The van der Waals surface area contributed by atoms with Gasteiger partial charge in [-0.1, -0.05) is 77.0 Å². The standard InChI is InChI=1S/C34H46FNO4/c1-3-5-7-8-9-10-22-38-33-21-16-28(23-29(33)24-36)27-14-19-30(20-15-27)39-25-26-12-17-31(18-13-26)40-34(37)32(35)11-6-4-2/h14-16,19-21,23,26,31-32H,3-13,17-18,22,25H2,1-2H3/t26?,31?,32-/m0/s1. The Morgan fingerprint density at radius 3 is 2.27 bits per heavy atom. The number of halogens is 1. The zero-order valence-electron chi connectivity index (χ0n) is 24.3. The number of hydrogen-bond donors (Lipinski definition) is 0. The number of nitriles is 1. The largest absolute Gasteiger partial charge is 0.493 e. The first-order chi connectivity index (χ1) is 19.5. The van der Waals surface area contributed by atoms with E-state index in [0.29, 0.717) is 36.9 Å². The van der Waals surface area contributed by atoms with Gasteiger partial charge in [-0.05, 0) is 79.8 Å². The summed E-state index contributed by atoms with van der Waals surface area (Å²) in [6.07, 6.45) is 10.6.